The number of carbonyl (C=O) groups is 1. The monoisotopic (exact) mass is 289 g/mol. The van der Waals surface area contributed by atoms with Gasteiger partial charge in [-0.05, 0) is 6.42 Å². The molecule has 108 valence electrons. The number of hydrogen-bond acceptors (Lipinski definition) is 5. The van der Waals surface area contributed by atoms with Crippen LogP contribution in [-0.4, -0.2) is 60.9 Å². The van der Waals surface area contributed by atoms with Gasteiger partial charge in [-0.3, -0.25) is 9.89 Å². The molecular weight excluding hydrogens is 270 g/mol. The van der Waals surface area contributed by atoms with Gasteiger partial charge in [-0.25, -0.2) is 8.42 Å². The van der Waals surface area contributed by atoms with Gasteiger partial charge in [-0.1, -0.05) is 6.92 Å². The van der Waals surface area contributed by atoms with E-state index in [9.17, 15) is 13.2 Å². The maximum Gasteiger partial charge on any atom is 0.248 e. The first-order chi connectivity index (χ1) is 8.80. The van der Waals surface area contributed by atoms with Crippen LogP contribution in [0.15, 0.2) is 11.1 Å². The predicted octanol–water partition coefficient (Wildman–Crippen LogP) is -0.519. The summed E-state index contributed by atoms with van der Waals surface area (Å²) in [5.74, 6) is -0.322. The second kappa shape index (κ2) is 6.02. The third-order valence-corrected chi connectivity index (χ3v) is 4.41. The fraction of sp³-hybridized carbons (Fsp3) is 0.600. The Labute approximate surface area is 112 Å². The number of nitrogens with two attached hydrogens (primary N) is 1. The molecule has 0 atom stereocenters. The number of amides is 1. The van der Waals surface area contributed by atoms with Crippen molar-refractivity contribution in [1.29, 1.82) is 0 Å². The lowest BCUT2D eigenvalue weighted by Gasteiger charge is -2.22. The summed E-state index contributed by atoms with van der Waals surface area (Å²) in [6.07, 6.45) is 1.74. The van der Waals surface area contributed by atoms with E-state index in [1.54, 1.807) is 14.1 Å². The Morgan fingerprint density at radius 1 is 1.47 bits per heavy atom. The smallest absolute Gasteiger partial charge is 0.248 e. The molecule has 0 aliphatic carbocycles. The van der Waals surface area contributed by atoms with Crippen LogP contribution >= 0.6 is 0 Å². The molecule has 1 heterocycles. The number of nitrogen functional groups attached to an aromatic ring is 1. The molecule has 0 saturated heterocycles. The molecule has 0 radical (unpaired) electrons. The van der Waals surface area contributed by atoms with Crippen molar-refractivity contribution in [3.63, 3.8) is 0 Å². The predicted molar refractivity (Wildman–Crippen MR) is 70.7 cm³/mol. The highest BCUT2D eigenvalue weighted by molar-refractivity contribution is 7.89. The fourth-order valence-corrected chi connectivity index (χ4v) is 2.95. The number of carbonyl (C=O) groups excluding carboxylic acids is 1. The minimum atomic E-state index is -3.81. The highest BCUT2D eigenvalue weighted by Gasteiger charge is 2.29. The average Bonchev–Trinajstić information content (AvgIpc) is 2.75. The van der Waals surface area contributed by atoms with Gasteiger partial charge in [0.05, 0.1) is 12.7 Å². The number of nitrogens with zero attached hydrogens (tertiary/aromatic N) is 3. The number of rotatable bonds is 6. The number of nitrogens with one attached hydrogen (secondary N) is 1. The molecule has 19 heavy (non-hydrogen) atoms. The summed E-state index contributed by atoms with van der Waals surface area (Å²) in [6, 6.07) is 0. The van der Waals surface area contributed by atoms with Gasteiger partial charge in [0.25, 0.3) is 0 Å². The molecule has 0 fully saturated rings. The van der Waals surface area contributed by atoms with Crippen LogP contribution in [-0.2, 0) is 14.8 Å². The average molecular weight is 289 g/mol. The Morgan fingerprint density at radius 2 is 2.11 bits per heavy atom. The minimum Gasteiger partial charge on any atom is -0.383 e. The quantitative estimate of drug-likeness (QED) is 0.732. The van der Waals surface area contributed by atoms with Crippen molar-refractivity contribution in [1.82, 2.24) is 19.4 Å². The zero-order valence-corrected chi connectivity index (χ0v) is 12.1. The Hall–Kier alpha value is -1.61. The molecule has 0 saturated carbocycles. The van der Waals surface area contributed by atoms with E-state index in [1.165, 1.54) is 4.90 Å². The molecule has 9 heteroatoms. The van der Waals surface area contributed by atoms with E-state index in [1.807, 2.05) is 6.92 Å². The molecule has 1 aromatic heterocycles. The van der Waals surface area contributed by atoms with Gasteiger partial charge in [0.15, 0.2) is 0 Å². The number of anilines is 1. The maximum absolute atomic E-state index is 12.4. The maximum atomic E-state index is 12.4. The molecule has 0 aliphatic heterocycles. The number of sulfonamides is 1. The van der Waals surface area contributed by atoms with Crippen LogP contribution in [0, 0.1) is 0 Å². The van der Waals surface area contributed by atoms with E-state index in [0.29, 0.717) is 6.42 Å². The number of likely N-dealkylation sites (N-methyl/N-ethyl adjacent to an activating group) is 1. The lowest BCUT2D eigenvalue weighted by atomic mass is 10.4. The Kier molecular flexibility index (Phi) is 4.90. The van der Waals surface area contributed by atoms with Gasteiger partial charge in [0.2, 0.25) is 15.9 Å². The number of aromatic amines is 1. The third kappa shape index (κ3) is 3.44. The molecule has 0 aromatic carbocycles. The highest BCUT2D eigenvalue weighted by Crippen LogP contribution is 2.19. The second-order valence-corrected chi connectivity index (χ2v) is 6.18. The van der Waals surface area contributed by atoms with Crippen molar-refractivity contribution in [3.05, 3.63) is 6.20 Å². The van der Waals surface area contributed by atoms with Crippen molar-refractivity contribution >= 4 is 21.7 Å². The highest BCUT2D eigenvalue weighted by atomic mass is 32.2. The van der Waals surface area contributed by atoms with E-state index in [2.05, 4.69) is 10.2 Å². The number of hydrogen-bond donors (Lipinski definition) is 2. The van der Waals surface area contributed by atoms with E-state index in [4.69, 9.17) is 5.73 Å². The SMILES string of the molecule is CCCN(CC(=O)N(C)C)S(=O)(=O)c1cn[nH]c1N. The summed E-state index contributed by atoms with van der Waals surface area (Å²) in [5.41, 5.74) is 5.53. The first-order valence-corrected chi connectivity index (χ1v) is 7.23. The van der Waals surface area contributed by atoms with Crippen LogP contribution in [0.1, 0.15) is 13.3 Å². The normalized spacial score (nSPS) is 11.8. The summed E-state index contributed by atoms with van der Waals surface area (Å²) < 4.78 is 25.9. The zero-order valence-electron chi connectivity index (χ0n) is 11.3. The van der Waals surface area contributed by atoms with Gasteiger partial charge in [0.1, 0.15) is 10.7 Å². The molecule has 8 nitrogen and oxygen atoms in total. The van der Waals surface area contributed by atoms with E-state index in [0.717, 1.165) is 10.5 Å². The molecule has 0 spiro atoms. The van der Waals surface area contributed by atoms with Gasteiger partial charge < -0.3 is 10.6 Å². The topological polar surface area (TPSA) is 112 Å². The van der Waals surface area contributed by atoms with Crippen molar-refractivity contribution in [2.24, 2.45) is 0 Å². The Bertz CT molecular complexity index is 537. The van der Waals surface area contributed by atoms with Crippen LogP contribution < -0.4 is 5.73 Å². The summed E-state index contributed by atoms with van der Waals surface area (Å²) in [7, 11) is -0.663. The molecule has 1 aromatic rings. The largest absolute Gasteiger partial charge is 0.383 e. The van der Waals surface area contributed by atoms with Crippen molar-refractivity contribution in [3.8, 4) is 0 Å². The number of aromatic nitrogens is 2. The van der Waals surface area contributed by atoms with Gasteiger partial charge in [-0.15, -0.1) is 0 Å². The molecule has 0 unspecified atom stereocenters. The minimum absolute atomic E-state index is 0.0293. The van der Waals surface area contributed by atoms with Crippen LogP contribution in [0.2, 0.25) is 0 Å². The van der Waals surface area contributed by atoms with Crippen molar-refractivity contribution in [2.75, 3.05) is 32.9 Å². The lowest BCUT2D eigenvalue weighted by molar-refractivity contribution is -0.128. The van der Waals surface area contributed by atoms with Crippen LogP contribution in [0.25, 0.3) is 0 Å². The second-order valence-electron chi connectivity index (χ2n) is 4.27. The lowest BCUT2D eigenvalue weighted by Crippen LogP contribution is -2.40. The van der Waals surface area contributed by atoms with Gasteiger partial charge in [-0.2, -0.15) is 9.40 Å². The van der Waals surface area contributed by atoms with Crippen LogP contribution in [0.5, 0.6) is 0 Å². The number of H-pyrrole nitrogens is 1. The van der Waals surface area contributed by atoms with E-state index >= 15 is 0 Å². The fourth-order valence-electron chi connectivity index (χ4n) is 1.46. The molecule has 3 N–H and O–H groups in total. The van der Waals surface area contributed by atoms with Crippen molar-refractivity contribution < 1.29 is 13.2 Å². The molecule has 0 bridgehead atoms. The zero-order chi connectivity index (χ0) is 14.6. The molecule has 1 rings (SSSR count). The van der Waals surface area contributed by atoms with Crippen LogP contribution in [0.3, 0.4) is 0 Å². The summed E-state index contributed by atoms with van der Waals surface area (Å²) in [4.78, 5) is 12.9. The summed E-state index contributed by atoms with van der Waals surface area (Å²) in [6.45, 7) is 1.86. The van der Waals surface area contributed by atoms with E-state index < -0.39 is 10.0 Å². The Morgan fingerprint density at radius 3 is 2.53 bits per heavy atom. The molecule has 0 aliphatic rings. The van der Waals surface area contributed by atoms with Crippen LogP contribution in [0.4, 0.5) is 5.82 Å². The first kappa shape index (κ1) is 15.4. The molecular formula is C10H19N5O3S. The summed E-state index contributed by atoms with van der Waals surface area (Å²) in [5, 5.41) is 5.97. The standard InChI is InChI=1S/C10H19N5O3S/c1-4-5-15(7-9(16)14(2)3)19(17,18)8-6-12-13-10(8)11/h6H,4-5,7H2,1-3H3,(H3,11,12,13). The Balaban J connectivity index is 3.05. The third-order valence-electron chi connectivity index (χ3n) is 2.53. The van der Waals surface area contributed by atoms with Crippen molar-refractivity contribution in [2.45, 2.75) is 18.2 Å². The first-order valence-electron chi connectivity index (χ1n) is 5.79. The van der Waals surface area contributed by atoms with Gasteiger partial charge >= 0.3 is 0 Å². The summed E-state index contributed by atoms with van der Waals surface area (Å²) >= 11 is 0. The van der Waals surface area contributed by atoms with E-state index in [-0.39, 0.29) is 29.7 Å². The van der Waals surface area contributed by atoms with Gasteiger partial charge in [0, 0.05) is 20.6 Å². The molecule has 1 amide bonds.